The Hall–Kier alpha value is -3.18. The largest absolute Gasteiger partial charge is 0.339 e. The first-order valence-electron chi connectivity index (χ1n) is 10.1. The van der Waals surface area contributed by atoms with Crippen LogP contribution in [0.15, 0.2) is 71.3 Å². The Bertz CT molecular complexity index is 1210. The van der Waals surface area contributed by atoms with Crippen LogP contribution in [0.2, 0.25) is 5.02 Å². The number of nitrogens with zero attached hydrogens (tertiary/aromatic N) is 3. The van der Waals surface area contributed by atoms with Gasteiger partial charge in [-0.2, -0.15) is 4.98 Å². The first kappa shape index (κ1) is 18.8. The number of amides is 1. The first-order valence-corrected chi connectivity index (χ1v) is 10.4. The van der Waals surface area contributed by atoms with Gasteiger partial charge in [-0.3, -0.25) is 4.79 Å². The van der Waals surface area contributed by atoms with Crippen LogP contribution in [0.3, 0.4) is 0 Å². The quantitative estimate of drug-likeness (QED) is 0.437. The lowest BCUT2D eigenvalue weighted by molar-refractivity contribution is 0.0706. The summed E-state index contributed by atoms with van der Waals surface area (Å²) in [5.41, 5.74) is 1.59. The van der Waals surface area contributed by atoms with Crippen LogP contribution in [-0.2, 0) is 0 Å². The number of rotatable bonds is 3. The molecule has 0 saturated carbocycles. The standard InChI is InChI=1S/C24H20ClN3O2/c25-19-8-3-7-18(15-19)22-26-23(30-27-22)17-11-13-28(14-12-17)24(29)21-10-4-6-16-5-1-2-9-20(16)21/h1-10,15,17H,11-14H2. The normalized spacial score (nSPS) is 14.9. The molecule has 0 unspecified atom stereocenters. The Morgan fingerprint density at radius 2 is 1.77 bits per heavy atom. The van der Waals surface area contributed by atoms with E-state index in [0.29, 0.717) is 29.8 Å². The summed E-state index contributed by atoms with van der Waals surface area (Å²) in [5.74, 6) is 1.40. The fraction of sp³-hybridized carbons (Fsp3) is 0.208. The predicted octanol–water partition coefficient (Wildman–Crippen LogP) is 5.56. The minimum Gasteiger partial charge on any atom is -0.339 e. The highest BCUT2D eigenvalue weighted by Crippen LogP contribution is 2.30. The molecule has 6 heteroatoms. The molecule has 1 aliphatic rings. The van der Waals surface area contributed by atoms with Gasteiger partial charge < -0.3 is 9.42 Å². The third-order valence-corrected chi connectivity index (χ3v) is 5.91. The van der Waals surface area contributed by atoms with Gasteiger partial charge in [-0.25, -0.2) is 0 Å². The fourth-order valence-corrected chi connectivity index (χ4v) is 4.25. The van der Waals surface area contributed by atoms with Crippen LogP contribution in [0.25, 0.3) is 22.2 Å². The van der Waals surface area contributed by atoms with Gasteiger partial charge in [0.2, 0.25) is 11.7 Å². The van der Waals surface area contributed by atoms with E-state index < -0.39 is 0 Å². The maximum atomic E-state index is 13.1. The van der Waals surface area contributed by atoms with Crippen molar-refractivity contribution in [1.82, 2.24) is 15.0 Å². The Labute approximate surface area is 179 Å². The van der Waals surface area contributed by atoms with Gasteiger partial charge in [0.1, 0.15) is 0 Å². The molecule has 3 aromatic carbocycles. The molecule has 0 N–H and O–H groups in total. The molecule has 0 bridgehead atoms. The van der Waals surface area contributed by atoms with Gasteiger partial charge in [-0.1, -0.05) is 65.3 Å². The fourth-order valence-electron chi connectivity index (χ4n) is 4.06. The third kappa shape index (κ3) is 3.57. The van der Waals surface area contributed by atoms with E-state index in [1.54, 1.807) is 0 Å². The summed E-state index contributed by atoms with van der Waals surface area (Å²) in [5, 5.41) is 6.83. The van der Waals surface area contributed by atoms with Crippen molar-refractivity contribution in [2.75, 3.05) is 13.1 Å². The molecule has 1 fully saturated rings. The van der Waals surface area contributed by atoms with Gasteiger partial charge in [-0.15, -0.1) is 0 Å². The minimum atomic E-state index is 0.0791. The number of hydrogen-bond acceptors (Lipinski definition) is 4. The second-order valence-electron chi connectivity index (χ2n) is 7.56. The average molecular weight is 418 g/mol. The number of likely N-dealkylation sites (tertiary alicyclic amines) is 1. The van der Waals surface area contributed by atoms with Gasteiger partial charge in [0, 0.05) is 35.2 Å². The molecule has 0 spiro atoms. The van der Waals surface area contributed by atoms with E-state index in [0.717, 1.165) is 34.7 Å². The molecule has 1 aliphatic heterocycles. The van der Waals surface area contributed by atoms with Crippen molar-refractivity contribution in [3.05, 3.63) is 83.2 Å². The summed E-state index contributed by atoms with van der Waals surface area (Å²) >= 11 is 6.06. The number of carbonyl (C=O) groups excluding carboxylic acids is 1. The predicted molar refractivity (Wildman–Crippen MR) is 117 cm³/mol. The molecule has 0 aliphatic carbocycles. The smallest absolute Gasteiger partial charge is 0.254 e. The van der Waals surface area contributed by atoms with Gasteiger partial charge in [0.05, 0.1) is 0 Å². The number of piperidine rings is 1. The summed E-state index contributed by atoms with van der Waals surface area (Å²) in [7, 11) is 0. The highest BCUT2D eigenvalue weighted by Gasteiger charge is 2.28. The molecule has 0 radical (unpaired) electrons. The highest BCUT2D eigenvalue weighted by atomic mass is 35.5. The number of hydrogen-bond donors (Lipinski definition) is 0. The van der Waals surface area contributed by atoms with Gasteiger partial charge in [-0.05, 0) is 41.8 Å². The zero-order chi connectivity index (χ0) is 20.5. The van der Waals surface area contributed by atoms with Gasteiger partial charge in [0.15, 0.2) is 0 Å². The maximum Gasteiger partial charge on any atom is 0.254 e. The highest BCUT2D eigenvalue weighted by molar-refractivity contribution is 6.30. The molecule has 1 saturated heterocycles. The number of fused-ring (bicyclic) bond motifs is 1. The SMILES string of the molecule is O=C(c1cccc2ccccc12)N1CCC(c2nc(-c3cccc(Cl)c3)no2)CC1. The monoisotopic (exact) mass is 417 g/mol. The van der Waals surface area contributed by atoms with Crippen LogP contribution >= 0.6 is 11.6 Å². The molecule has 4 aromatic rings. The number of benzene rings is 3. The second-order valence-corrected chi connectivity index (χ2v) is 8.00. The first-order chi connectivity index (χ1) is 14.7. The van der Waals surface area contributed by atoms with E-state index in [1.807, 2.05) is 71.6 Å². The Balaban J connectivity index is 1.29. The topological polar surface area (TPSA) is 59.2 Å². The molecule has 30 heavy (non-hydrogen) atoms. The van der Waals surface area contributed by atoms with E-state index in [2.05, 4.69) is 10.1 Å². The molecule has 5 rings (SSSR count). The molecule has 2 heterocycles. The molecule has 1 aromatic heterocycles. The minimum absolute atomic E-state index is 0.0791. The lowest BCUT2D eigenvalue weighted by atomic mass is 9.95. The molecule has 5 nitrogen and oxygen atoms in total. The summed E-state index contributed by atoms with van der Waals surface area (Å²) in [4.78, 5) is 19.6. The molecular formula is C24H20ClN3O2. The van der Waals surface area contributed by atoms with Crippen molar-refractivity contribution in [1.29, 1.82) is 0 Å². The van der Waals surface area contributed by atoms with Crippen LogP contribution in [-0.4, -0.2) is 34.0 Å². The molecule has 150 valence electrons. The van der Waals surface area contributed by atoms with E-state index >= 15 is 0 Å². The lowest BCUT2D eigenvalue weighted by Crippen LogP contribution is -2.38. The Morgan fingerprint density at radius 3 is 2.60 bits per heavy atom. The number of halogens is 1. The van der Waals surface area contributed by atoms with E-state index in [1.165, 1.54) is 0 Å². The lowest BCUT2D eigenvalue weighted by Gasteiger charge is -2.30. The van der Waals surface area contributed by atoms with Crippen LogP contribution in [0, 0.1) is 0 Å². The van der Waals surface area contributed by atoms with Gasteiger partial charge >= 0.3 is 0 Å². The second kappa shape index (κ2) is 7.92. The summed E-state index contributed by atoms with van der Waals surface area (Å²) < 4.78 is 5.53. The van der Waals surface area contributed by atoms with Gasteiger partial charge in [0.25, 0.3) is 5.91 Å². The zero-order valence-electron chi connectivity index (χ0n) is 16.3. The van der Waals surface area contributed by atoms with Crippen LogP contribution in [0.4, 0.5) is 0 Å². The third-order valence-electron chi connectivity index (χ3n) is 5.68. The number of aromatic nitrogens is 2. The van der Waals surface area contributed by atoms with Crippen molar-refractivity contribution in [2.45, 2.75) is 18.8 Å². The molecule has 0 atom stereocenters. The summed E-state index contributed by atoms with van der Waals surface area (Å²) in [6.45, 7) is 1.34. The van der Waals surface area contributed by atoms with E-state index in [9.17, 15) is 4.79 Å². The molecule has 1 amide bonds. The molecular weight excluding hydrogens is 398 g/mol. The van der Waals surface area contributed by atoms with Crippen molar-refractivity contribution >= 4 is 28.3 Å². The Morgan fingerprint density at radius 1 is 1.00 bits per heavy atom. The van der Waals surface area contributed by atoms with E-state index in [-0.39, 0.29) is 11.8 Å². The summed E-state index contributed by atoms with van der Waals surface area (Å²) in [6, 6.07) is 21.3. The zero-order valence-corrected chi connectivity index (χ0v) is 17.0. The van der Waals surface area contributed by atoms with Crippen LogP contribution < -0.4 is 0 Å². The van der Waals surface area contributed by atoms with E-state index in [4.69, 9.17) is 16.1 Å². The van der Waals surface area contributed by atoms with Crippen molar-refractivity contribution in [2.24, 2.45) is 0 Å². The van der Waals surface area contributed by atoms with Crippen LogP contribution in [0.5, 0.6) is 0 Å². The average Bonchev–Trinajstić information content (AvgIpc) is 3.29. The Kier molecular flexibility index (Phi) is 4.97. The van der Waals surface area contributed by atoms with Crippen molar-refractivity contribution in [3.63, 3.8) is 0 Å². The number of carbonyl (C=O) groups is 1. The van der Waals surface area contributed by atoms with Crippen molar-refractivity contribution < 1.29 is 9.32 Å². The maximum absolute atomic E-state index is 13.1. The van der Waals surface area contributed by atoms with Crippen LogP contribution in [0.1, 0.15) is 35.0 Å². The summed E-state index contributed by atoms with van der Waals surface area (Å²) in [6.07, 6.45) is 1.60. The van der Waals surface area contributed by atoms with Crippen molar-refractivity contribution in [3.8, 4) is 11.4 Å².